The first kappa shape index (κ1) is 17.1. The Morgan fingerprint density at radius 1 is 1.48 bits per heavy atom. The monoisotopic (exact) mass is 331 g/mol. The molecule has 9 heteroatoms. The fraction of sp³-hybridized carbons (Fsp3) is 0.429. The largest absolute Gasteiger partial charge is 0.442 e. The topological polar surface area (TPSA) is 72.0 Å². The number of benzene rings is 1. The van der Waals surface area contributed by atoms with Crippen molar-refractivity contribution in [3.63, 3.8) is 0 Å². The second kappa shape index (κ2) is 6.86. The van der Waals surface area contributed by atoms with Crippen LogP contribution in [-0.4, -0.2) is 38.2 Å². The molecule has 1 aliphatic rings. The molecule has 2 N–H and O–H groups in total. The summed E-state index contributed by atoms with van der Waals surface area (Å²) in [7, 11) is 1.48. The van der Waals surface area contributed by atoms with Crippen molar-refractivity contribution < 1.29 is 27.4 Å². The molecule has 0 radical (unpaired) electrons. The Kier molecular flexibility index (Phi) is 5.09. The maximum absolute atomic E-state index is 13.3. The lowest BCUT2D eigenvalue weighted by molar-refractivity contribution is -0.137. The molecule has 1 aliphatic heterocycles. The van der Waals surface area contributed by atoms with Crippen LogP contribution in [0.25, 0.3) is 0 Å². The second-order valence-corrected chi connectivity index (χ2v) is 4.93. The van der Waals surface area contributed by atoms with E-state index in [0.717, 1.165) is 6.07 Å². The molecule has 1 heterocycles. The lowest BCUT2D eigenvalue weighted by Crippen LogP contribution is -2.31. The zero-order chi connectivity index (χ0) is 17.0. The van der Waals surface area contributed by atoms with E-state index < -0.39 is 17.8 Å². The van der Waals surface area contributed by atoms with E-state index in [9.17, 15) is 18.0 Å². The number of hydrogen-bond acceptors (Lipinski definition) is 5. The number of nitrogens with zero attached hydrogens (tertiary/aromatic N) is 1. The molecular weight excluding hydrogens is 315 g/mol. The van der Waals surface area contributed by atoms with Crippen molar-refractivity contribution >= 4 is 17.5 Å². The number of rotatable bonds is 5. The molecule has 0 unspecified atom stereocenters. The number of carbonyl (C=O) groups is 1. The van der Waals surface area contributed by atoms with Gasteiger partial charge in [0.05, 0.1) is 11.7 Å². The molecule has 23 heavy (non-hydrogen) atoms. The average molecular weight is 331 g/mol. The predicted octanol–water partition coefficient (Wildman–Crippen LogP) is 2.60. The number of alkyl halides is 3. The van der Waals surface area contributed by atoms with E-state index in [4.69, 9.17) is 9.47 Å². The molecule has 126 valence electrons. The molecule has 1 aromatic carbocycles. The van der Waals surface area contributed by atoms with Crippen LogP contribution in [0.4, 0.5) is 23.7 Å². The minimum Gasteiger partial charge on any atom is -0.442 e. The van der Waals surface area contributed by atoms with Crippen LogP contribution in [0.2, 0.25) is 0 Å². The van der Waals surface area contributed by atoms with E-state index in [2.05, 4.69) is 15.8 Å². The van der Waals surface area contributed by atoms with Crippen LogP contribution in [0, 0.1) is 0 Å². The highest BCUT2D eigenvalue weighted by Gasteiger charge is 2.34. The number of anilines is 1. The van der Waals surface area contributed by atoms with E-state index in [1.54, 1.807) is 6.92 Å². The van der Waals surface area contributed by atoms with Gasteiger partial charge in [-0.1, -0.05) is 6.07 Å². The lowest BCUT2D eigenvalue weighted by Gasteiger charge is -2.19. The molecular formula is C14H16F3N3O3. The number of amides is 1. The second-order valence-electron chi connectivity index (χ2n) is 4.93. The third-order valence-electron chi connectivity index (χ3n) is 3.26. The highest BCUT2D eigenvalue weighted by molar-refractivity contribution is 6.04. The molecule has 1 atom stereocenters. The number of ether oxygens (including phenoxy) is 2. The van der Waals surface area contributed by atoms with E-state index >= 15 is 0 Å². The summed E-state index contributed by atoms with van der Waals surface area (Å²) in [4.78, 5) is 10.9. The van der Waals surface area contributed by atoms with Gasteiger partial charge in [-0.3, -0.25) is 0 Å². The zero-order valence-corrected chi connectivity index (χ0v) is 12.5. The van der Waals surface area contributed by atoms with E-state index in [1.165, 1.54) is 19.2 Å². The van der Waals surface area contributed by atoms with Gasteiger partial charge in [-0.2, -0.15) is 18.3 Å². The summed E-state index contributed by atoms with van der Waals surface area (Å²) in [6.07, 6.45) is -5.51. The smallest absolute Gasteiger partial charge is 0.428 e. The minimum atomic E-state index is -4.53. The highest BCUT2D eigenvalue weighted by Crippen LogP contribution is 2.35. The Hall–Kier alpha value is -2.29. The van der Waals surface area contributed by atoms with Crippen molar-refractivity contribution in [3.05, 3.63) is 29.3 Å². The van der Waals surface area contributed by atoms with Gasteiger partial charge in [-0.15, -0.1) is 0 Å². The van der Waals surface area contributed by atoms with E-state index in [1.807, 2.05) is 0 Å². The molecule has 1 amide bonds. The molecule has 0 saturated heterocycles. The molecule has 6 nitrogen and oxygen atoms in total. The van der Waals surface area contributed by atoms with Gasteiger partial charge in [0, 0.05) is 24.9 Å². The first-order valence-corrected chi connectivity index (χ1v) is 6.79. The highest BCUT2D eigenvalue weighted by atomic mass is 19.4. The SMILES string of the molecule is CO[C@H](C)CNc1ccc(C2=NNC(=O)OC2)cc1C(F)(F)F. The standard InChI is InChI=1S/C14H16F3N3O3/c1-8(22-2)6-18-11-4-3-9(5-10(11)14(15,16)17)12-7-23-13(21)20-19-12/h3-5,8,18H,6-7H2,1-2H3,(H,20,21)/t8-/m1/s1. The number of carbonyl (C=O) groups excluding carboxylic acids is 1. The molecule has 0 aliphatic carbocycles. The summed E-state index contributed by atoms with van der Waals surface area (Å²) in [5.74, 6) is 0. The number of methoxy groups -OCH3 is 1. The summed E-state index contributed by atoms with van der Waals surface area (Å²) < 4.78 is 49.5. The van der Waals surface area contributed by atoms with Crippen LogP contribution in [0.15, 0.2) is 23.3 Å². The minimum absolute atomic E-state index is 0.0495. The van der Waals surface area contributed by atoms with Crippen molar-refractivity contribution in [2.45, 2.75) is 19.2 Å². The summed E-state index contributed by atoms with van der Waals surface area (Å²) >= 11 is 0. The van der Waals surface area contributed by atoms with Crippen molar-refractivity contribution in [3.8, 4) is 0 Å². The third kappa shape index (κ3) is 4.35. The Morgan fingerprint density at radius 3 is 2.78 bits per heavy atom. The van der Waals surface area contributed by atoms with Gasteiger partial charge in [0.25, 0.3) is 0 Å². The van der Waals surface area contributed by atoms with Crippen LogP contribution in [0.5, 0.6) is 0 Å². The number of hydrogen-bond donors (Lipinski definition) is 2. The first-order chi connectivity index (χ1) is 10.8. The quantitative estimate of drug-likeness (QED) is 0.870. The fourth-order valence-corrected chi connectivity index (χ4v) is 1.91. The van der Waals surface area contributed by atoms with E-state index in [-0.39, 0.29) is 36.2 Å². The third-order valence-corrected chi connectivity index (χ3v) is 3.26. The molecule has 0 aromatic heterocycles. The Morgan fingerprint density at radius 2 is 2.22 bits per heavy atom. The van der Waals surface area contributed by atoms with Gasteiger partial charge in [-0.05, 0) is 19.1 Å². The van der Waals surface area contributed by atoms with Crippen molar-refractivity contribution in [2.24, 2.45) is 5.10 Å². The van der Waals surface area contributed by atoms with Gasteiger partial charge >= 0.3 is 12.3 Å². The molecule has 1 aromatic rings. The summed E-state index contributed by atoms with van der Waals surface area (Å²) in [5.41, 5.74) is 1.63. The van der Waals surface area contributed by atoms with Crippen LogP contribution < -0.4 is 10.7 Å². The molecule has 0 fully saturated rings. The molecule has 0 spiro atoms. The van der Waals surface area contributed by atoms with Crippen molar-refractivity contribution in [1.29, 1.82) is 0 Å². The molecule has 0 saturated carbocycles. The van der Waals surface area contributed by atoms with Crippen molar-refractivity contribution in [2.75, 3.05) is 25.6 Å². The van der Waals surface area contributed by atoms with Crippen molar-refractivity contribution in [1.82, 2.24) is 5.43 Å². The van der Waals surface area contributed by atoms with Crippen LogP contribution in [-0.2, 0) is 15.7 Å². The summed E-state index contributed by atoms with van der Waals surface area (Å²) in [5, 5.41) is 6.43. The van der Waals surface area contributed by atoms with Gasteiger partial charge in [0.1, 0.15) is 12.3 Å². The summed E-state index contributed by atoms with van der Waals surface area (Å²) in [6, 6.07) is 3.77. The average Bonchev–Trinajstić information content (AvgIpc) is 2.52. The molecule has 2 rings (SSSR count). The Bertz CT molecular complexity index is 617. The van der Waals surface area contributed by atoms with Crippen LogP contribution >= 0.6 is 0 Å². The fourth-order valence-electron chi connectivity index (χ4n) is 1.91. The number of cyclic esters (lactones) is 1. The van der Waals surface area contributed by atoms with Crippen LogP contribution in [0.3, 0.4) is 0 Å². The van der Waals surface area contributed by atoms with Gasteiger partial charge < -0.3 is 14.8 Å². The normalized spacial score (nSPS) is 16.2. The summed E-state index contributed by atoms with van der Waals surface area (Å²) in [6.45, 7) is 1.79. The van der Waals surface area contributed by atoms with Crippen LogP contribution in [0.1, 0.15) is 18.1 Å². The lowest BCUT2D eigenvalue weighted by atomic mass is 10.0. The predicted molar refractivity (Wildman–Crippen MR) is 77.4 cm³/mol. The van der Waals surface area contributed by atoms with Gasteiger partial charge in [-0.25, -0.2) is 10.2 Å². The zero-order valence-electron chi connectivity index (χ0n) is 12.5. The number of halogens is 3. The van der Waals surface area contributed by atoms with Gasteiger partial charge in [0.15, 0.2) is 0 Å². The number of nitrogens with one attached hydrogen (secondary N) is 2. The Balaban J connectivity index is 2.29. The van der Waals surface area contributed by atoms with Gasteiger partial charge in [0.2, 0.25) is 0 Å². The Labute approximate surface area is 130 Å². The van der Waals surface area contributed by atoms with E-state index in [0.29, 0.717) is 0 Å². The maximum Gasteiger partial charge on any atom is 0.428 e. The number of hydrazone groups is 1. The molecule has 0 bridgehead atoms. The maximum atomic E-state index is 13.3. The first-order valence-electron chi connectivity index (χ1n) is 6.79.